The summed E-state index contributed by atoms with van der Waals surface area (Å²) in [5, 5.41) is 5.98. The summed E-state index contributed by atoms with van der Waals surface area (Å²) in [5.74, 6) is 0.0225. The summed E-state index contributed by atoms with van der Waals surface area (Å²) in [6.07, 6.45) is -0.447. The van der Waals surface area contributed by atoms with Gasteiger partial charge in [-0.25, -0.2) is 4.79 Å². The van der Waals surface area contributed by atoms with Crippen LogP contribution >= 0.6 is 0 Å². The Morgan fingerprint density at radius 3 is 2.70 bits per heavy atom. The minimum absolute atomic E-state index is 0.0225. The van der Waals surface area contributed by atoms with Crippen molar-refractivity contribution >= 4 is 11.8 Å². The first-order chi connectivity index (χ1) is 12.7. The van der Waals surface area contributed by atoms with Gasteiger partial charge in [-0.2, -0.15) is 18.3 Å². The molecule has 0 radical (unpaired) electrons. The van der Waals surface area contributed by atoms with E-state index in [1.807, 2.05) is 0 Å². The molecule has 27 heavy (non-hydrogen) atoms. The first kappa shape index (κ1) is 19.9. The number of nitrogens with one attached hydrogen (secondary N) is 1. The lowest BCUT2D eigenvalue weighted by atomic mass is 10.1. The van der Waals surface area contributed by atoms with Crippen molar-refractivity contribution < 1.29 is 22.7 Å². The Kier molecular flexibility index (Phi) is 5.66. The first-order valence-corrected chi connectivity index (χ1v) is 9.12. The molecule has 1 aromatic heterocycles. The molecule has 2 amide bonds. The van der Waals surface area contributed by atoms with Gasteiger partial charge in [0.15, 0.2) is 5.69 Å². The van der Waals surface area contributed by atoms with Crippen LogP contribution in [0.1, 0.15) is 31.4 Å². The molecule has 1 aromatic rings. The maximum absolute atomic E-state index is 12.8. The predicted octanol–water partition coefficient (Wildman–Crippen LogP) is 2.54. The van der Waals surface area contributed by atoms with E-state index in [1.54, 1.807) is 19.1 Å². The molecule has 2 fully saturated rings. The summed E-state index contributed by atoms with van der Waals surface area (Å²) in [6, 6.07) is 0.696. The van der Waals surface area contributed by atoms with Crippen molar-refractivity contribution in [1.82, 2.24) is 19.6 Å². The third kappa shape index (κ3) is 4.21. The largest absolute Gasteiger partial charge is 0.435 e. The van der Waals surface area contributed by atoms with Gasteiger partial charge in [0.2, 0.25) is 0 Å². The number of carbonyl (C=O) groups excluding carboxylic acids is 1. The zero-order valence-electron chi connectivity index (χ0n) is 15.8. The Morgan fingerprint density at radius 2 is 2.11 bits per heavy atom. The number of likely N-dealkylation sites (N-methyl/N-ethyl adjacent to an activating group) is 1. The van der Waals surface area contributed by atoms with E-state index in [0.29, 0.717) is 0 Å². The van der Waals surface area contributed by atoms with Crippen molar-refractivity contribution in [2.45, 2.75) is 50.0 Å². The minimum Gasteiger partial charge on any atom is -0.380 e. The second-order valence-corrected chi connectivity index (χ2v) is 7.28. The van der Waals surface area contributed by atoms with E-state index in [0.717, 1.165) is 49.5 Å². The molecular formula is C17H26F3N5O2. The number of methoxy groups -OCH3 is 1. The molecule has 1 saturated heterocycles. The summed E-state index contributed by atoms with van der Waals surface area (Å²) in [5.41, 5.74) is -1.02. The van der Waals surface area contributed by atoms with E-state index in [9.17, 15) is 18.0 Å². The van der Waals surface area contributed by atoms with Crippen LogP contribution in [0.25, 0.3) is 0 Å². The predicted molar refractivity (Wildman–Crippen MR) is 93.4 cm³/mol. The average molecular weight is 389 g/mol. The second kappa shape index (κ2) is 7.67. The number of nitrogens with zero attached hydrogens (tertiary/aromatic N) is 4. The van der Waals surface area contributed by atoms with Gasteiger partial charge in [0.25, 0.3) is 0 Å². The number of aryl methyl sites for hydroxylation is 1. The number of hydrogen-bond acceptors (Lipinski definition) is 4. The van der Waals surface area contributed by atoms with Crippen LogP contribution in [-0.2, 0) is 18.0 Å². The summed E-state index contributed by atoms with van der Waals surface area (Å²) in [4.78, 5) is 16.6. The maximum Gasteiger partial charge on any atom is 0.435 e. The number of alkyl halides is 3. The lowest BCUT2D eigenvalue weighted by Gasteiger charge is -2.35. The normalized spacial score (nSPS) is 26.5. The lowest BCUT2D eigenvalue weighted by Crippen LogP contribution is -2.50. The van der Waals surface area contributed by atoms with Crippen LogP contribution in [0.2, 0.25) is 0 Å². The summed E-state index contributed by atoms with van der Waals surface area (Å²) < 4.78 is 44.8. The van der Waals surface area contributed by atoms with Crippen LogP contribution in [0.5, 0.6) is 0 Å². The second-order valence-electron chi connectivity index (χ2n) is 7.28. The molecule has 0 aromatic carbocycles. The number of carbonyl (C=O) groups is 1. The van der Waals surface area contributed by atoms with Crippen LogP contribution in [-0.4, -0.2) is 71.0 Å². The van der Waals surface area contributed by atoms with Crippen molar-refractivity contribution in [3.05, 3.63) is 11.8 Å². The smallest absolute Gasteiger partial charge is 0.380 e. The molecule has 1 aliphatic heterocycles. The van der Waals surface area contributed by atoms with Crippen LogP contribution in [0.15, 0.2) is 6.07 Å². The molecule has 2 aliphatic rings. The number of likely N-dealkylation sites (tertiary alicyclic amines) is 1. The Bertz CT molecular complexity index is 678. The van der Waals surface area contributed by atoms with E-state index in [4.69, 9.17) is 4.74 Å². The average Bonchev–Trinajstić information content (AvgIpc) is 3.32. The lowest BCUT2D eigenvalue weighted by molar-refractivity contribution is -0.141. The monoisotopic (exact) mass is 389 g/mol. The van der Waals surface area contributed by atoms with Gasteiger partial charge >= 0.3 is 12.2 Å². The SMILES string of the molecule is COC1CCN([C@@H]2CCC[C@@H]2N(C)C(=O)Nc2cc(C(F)(F)F)nn2C)C1. The fourth-order valence-corrected chi connectivity index (χ4v) is 4.12. The van der Waals surface area contributed by atoms with E-state index in [2.05, 4.69) is 15.3 Å². The molecule has 1 N–H and O–H groups in total. The molecule has 7 nitrogen and oxygen atoms in total. The fourth-order valence-electron chi connectivity index (χ4n) is 4.12. The molecule has 0 spiro atoms. The number of halogens is 3. The Balaban J connectivity index is 1.65. The van der Waals surface area contributed by atoms with E-state index in [-0.39, 0.29) is 24.0 Å². The number of ether oxygens (including phenoxy) is 1. The number of hydrogen-bond donors (Lipinski definition) is 1. The van der Waals surface area contributed by atoms with Gasteiger partial charge in [-0.3, -0.25) is 14.9 Å². The van der Waals surface area contributed by atoms with E-state index in [1.165, 1.54) is 7.05 Å². The third-order valence-corrected chi connectivity index (χ3v) is 5.65. The number of amides is 2. The van der Waals surface area contributed by atoms with Gasteiger partial charge in [0.05, 0.1) is 6.10 Å². The van der Waals surface area contributed by atoms with Crippen LogP contribution in [0.3, 0.4) is 0 Å². The molecular weight excluding hydrogens is 363 g/mol. The quantitative estimate of drug-likeness (QED) is 0.860. The zero-order valence-corrected chi connectivity index (χ0v) is 15.8. The van der Waals surface area contributed by atoms with Crippen molar-refractivity contribution in [3.63, 3.8) is 0 Å². The standard InChI is InChI=1S/C17H26F3N5O2/c1-23(12-5-4-6-13(12)25-8-7-11(10-25)27-3)16(26)21-15-9-14(17(18,19)20)22-24(15)2/h9,11-13H,4-8,10H2,1-3H3,(H,21,26)/t11?,12-,13+/m0/s1. The molecule has 3 rings (SSSR count). The fraction of sp³-hybridized carbons (Fsp3) is 0.765. The Labute approximate surface area is 156 Å². The molecule has 3 atom stereocenters. The van der Waals surface area contributed by atoms with Gasteiger partial charge in [-0.15, -0.1) is 0 Å². The van der Waals surface area contributed by atoms with Gasteiger partial charge < -0.3 is 9.64 Å². The van der Waals surface area contributed by atoms with Crippen LogP contribution in [0.4, 0.5) is 23.8 Å². The Hall–Kier alpha value is -1.81. The van der Waals surface area contributed by atoms with Crippen molar-refractivity contribution in [3.8, 4) is 0 Å². The minimum atomic E-state index is -4.54. The van der Waals surface area contributed by atoms with Crippen LogP contribution in [0, 0.1) is 0 Å². The van der Waals surface area contributed by atoms with E-state index >= 15 is 0 Å². The maximum atomic E-state index is 12.8. The molecule has 1 aliphatic carbocycles. The first-order valence-electron chi connectivity index (χ1n) is 9.12. The van der Waals surface area contributed by atoms with Gasteiger partial charge in [-0.1, -0.05) is 0 Å². The number of rotatable bonds is 4. The highest BCUT2D eigenvalue weighted by Crippen LogP contribution is 2.32. The summed E-state index contributed by atoms with van der Waals surface area (Å²) >= 11 is 0. The van der Waals surface area contributed by atoms with Crippen LogP contribution < -0.4 is 5.32 Å². The van der Waals surface area contributed by atoms with Gasteiger partial charge in [0, 0.05) is 52.4 Å². The molecule has 1 unspecified atom stereocenters. The summed E-state index contributed by atoms with van der Waals surface area (Å²) in [6.45, 7) is 1.79. The van der Waals surface area contributed by atoms with Gasteiger partial charge in [-0.05, 0) is 25.7 Å². The molecule has 10 heteroatoms. The Morgan fingerprint density at radius 1 is 1.37 bits per heavy atom. The van der Waals surface area contributed by atoms with Crippen molar-refractivity contribution in [2.75, 3.05) is 32.6 Å². The van der Waals surface area contributed by atoms with Crippen molar-refractivity contribution in [2.24, 2.45) is 7.05 Å². The third-order valence-electron chi connectivity index (χ3n) is 5.65. The molecule has 2 heterocycles. The topological polar surface area (TPSA) is 62.6 Å². The molecule has 0 bridgehead atoms. The molecule has 1 saturated carbocycles. The highest BCUT2D eigenvalue weighted by atomic mass is 19.4. The summed E-state index contributed by atoms with van der Waals surface area (Å²) in [7, 11) is 4.78. The number of anilines is 1. The zero-order chi connectivity index (χ0) is 19.8. The number of urea groups is 1. The highest BCUT2D eigenvalue weighted by molar-refractivity contribution is 5.88. The van der Waals surface area contributed by atoms with Gasteiger partial charge in [0.1, 0.15) is 5.82 Å². The van der Waals surface area contributed by atoms with E-state index < -0.39 is 17.9 Å². The van der Waals surface area contributed by atoms with Crippen molar-refractivity contribution in [1.29, 1.82) is 0 Å². The molecule has 152 valence electrons. The number of aromatic nitrogens is 2. The highest BCUT2D eigenvalue weighted by Gasteiger charge is 2.40.